The summed E-state index contributed by atoms with van der Waals surface area (Å²) < 4.78 is 22.6. The summed E-state index contributed by atoms with van der Waals surface area (Å²) in [7, 11) is -4.74. The van der Waals surface area contributed by atoms with Gasteiger partial charge in [0.1, 0.15) is 34.5 Å². The Balaban J connectivity index is 0.00000529. The Morgan fingerprint density at radius 3 is 1.32 bits per heavy atom. The zero-order valence-electron chi connectivity index (χ0n) is 24.0. The van der Waals surface area contributed by atoms with Crippen molar-refractivity contribution in [2.45, 2.75) is 38.5 Å². The van der Waals surface area contributed by atoms with E-state index in [4.69, 9.17) is 9.05 Å². The number of carbonyl (C=O) groups is 2. The molecule has 0 aliphatic heterocycles. The standard InChI is InChI=1S/C32H31O10P.Na/c33-23-11-17-27(31(37)19-23)29(35)5-1-3-21-7-13-25(14-8-21)41-43(39,40)42-26-15-9-22(10-16-26)4-2-6-30(36)28-18-12-24(34)20-32(28)38;/h7-20,33-34,37-38H,1-6H2,(H,39,40);/q;+1/p-1. The maximum absolute atomic E-state index is 12.4. The SMILES string of the molecule is O=C(CCCc1ccc(OP(=O)([O-])Oc2ccc(CCCC(=O)c3ccc(O)cc3O)cc2)cc1)c1ccc(O)cc1O.[Na+]. The van der Waals surface area contributed by atoms with Crippen molar-refractivity contribution in [1.29, 1.82) is 0 Å². The molecule has 224 valence electrons. The van der Waals surface area contributed by atoms with Gasteiger partial charge in [0.15, 0.2) is 11.6 Å². The second kappa shape index (κ2) is 15.8. The van der Waals surface area contributed by atoms with Crippen molar-refractivity contribution < 1.29 is 78.1 Å². The molecule has 0 saturated carbocycles. The van der Waals surface area contributed by atoms with E-state index in [0.717, 1.165) is 23.3 Å². The van der Waals surface area contributed by atoms with E-state index in [9.17, 15) is 39.5 Å². The molecule has 0 amide bonds. The first-order valence-electron chi connectivity index (χ1n) is 13.5. The summed E-state index contributed by atoms with van der Waals surface area (Å²) in [5.41, 5.74) is 1.99. The molecule has 44 heavy (non-hydrogen) atoms. The van der Waals surface area contributed by atoms with Gasteiger partial charge < -0.3 is 34.4 Å². The number of aromatic hydroxyl groups is 4. The molecular formula is C32H30NaO10P. The van der Waals surface area contributed by atoms with Crippen LogP contribution in [0.3, 0.4) is 0 Å². The number of phosphoric acid groups is 1. The maximum atomic E-state index is 12.4. The van der Waals surface area contributed by atoms with Crippen LogP contribution in [-0.4, -0.2) is 32.0 Å². The van der Waals surface area contributed by atoms with Crippen LogP contribution in [0.25, 0.3) is 0 Å². The van der Waals surface area contributed by atoms with Crippen molar-refractivity contribution in [2.75, 3.05) is 0 Å². The van der Waals surface area contributed by atoms with Gasteiger partial charge in [0.25, 0.3) is 0 Å². The van der Waals surface area contributed by atoms with E-state index in [1.165, 1.54) is 48.5 Å². The quantitative estimate of drug-likeness (QED) is 0.0924. The fraction of sp³-hybridized carbons (Fsp3) is 0.188. The molecular weight excluding hydrogens is 598 g/mol. The fourth-order valence-corrected chi connectivity index (χ4v) is 5.20. The number of phosphoric ester groups is 1. The second-order valence-corrected chi connectivity index (χ2v) is 11.1. The summed E-state index contributed by atoms with van der Waals surface area (Å²) in [5, 5.41) is 38.4. The van der Waals surface area contributed by atoms with Crippen LogP contribution in [0.1, 0.15) is 57.5 Å². The molecule has 0 spiro atoms. The van der Waals surface area contributed by atoms with E-state index in [2.05, 4.69) is 0 Å². The molecule has 12 heteroatoms. The maximum Gasteiger partial charge on any atom is 1.00 e. The Morgan fingerprint density at radius 1 is 0.614 bits per heavy atom. The normalized spacial score (nSPS) is 10.9. The van der Waals surface area contributed by atoms with Crippen molar-refractivity contribution in [2.24, 2.45) is 0 Å². The third kappa shape index (κ3) is 10.1. The molecule has 4 N–H and O–H groups in total. The van der Waals surface area contributed by atoms with Gasteiger partial charge in [0.05, 0.1) is 11.1 Å². The Bertz CT molecular complexity index is 1520. The third-order valence-corrected chi connectivity index (χ3v) is 7.45. The number of hydrogen-bond donors (Lipinski definition) is 4. The van der Waals surface area contributed by atoms with E-state index in [-0.39, 0.29) is 99.6 Å². The molecule has 0 fully saturated rings. The van der Waals surface area contributed by atoms with Crippen LogP contribution in [0.5, 0.6) is 34.5 Å². The molecule has 0 aromatic heterocycles. The molecule has 10 nitrogen and oxygen atoms in total. The Morgan fingerprint density at radius 2 is 0.977 bits per heavy atom. The average Bonchev–Trinajstić information content (AvgIpc) is 2.94. The minimum absolute atomic E-state index is 0. The Kier molecular flexibility index (Phi) is 12.5. The van der Waals surface area contributed by atoms with Crippen molar-refractivity contribution in [3.63, 3.8) is 0 Å². The fourth-order valence-electron chi connectivity index (χ4n) is 4.40. The predicted octanol–water partition coefficient (Wildman–Crippen LogP) is 2.85. The Hall–Kier alpha value is -3.79. The van der Waals surface area contributed by atoms with Crippen LogP contribution in [0.15, 0.2) is 84.9 Å². The smallest absolute Gasteiger partial charge is 0.736 e. The summed E-state index contributed by atoms with van der Waals surface area (Å²) in [5.74, 6) is -1.18. The van der Waals surface area contributed by atoms with E-state index in [0.29, 0.717) is 25.7 Å². The zero-order chi connectivity index (χ0) is 31.0. The van der Waals surface area contributed by atoms with Crippen LogP contribution in [0.4, 0.5) is 0 Å². The number of rotatable bonds is 14. The van der Waals surface area contributed by atoms with Gasteiger partial charge in [-0.3, -0.25) is 9.59 Å². The van der Waals surface area contributed by atoms with Gasteiger partial charge in [-0.05, 0) is 85.3 Å². The molecule has 0 bridgehead atoms. The van der Waals surface area contributed by atoms with E-state index >= 15 is 0 Å². The first kappa shape index (κ1) is 34.7. The second-order valence-electron chi connectivity index (χ2n) is 9.87. The molecule has 4 rings (SSSR count). The number of carbonyl (C=O) groups excluding carboxylic acids is 2. The average molecular weight is 629 g/mol. The van der Waals surface area contributed by atoms with Crippen molar-refractivity contribution in [3.8, 4) is 34.5 Å². The molecule has 0 aliphatic carbocycles. The molecule has 0 atom stereocenters. The van der Waals surface area contributed by atoms with Gasteiger partial charge in [-0.1, -0.05) is 24.3 Å². The van der Waals surface area contributed by atoms with Gasteiger partial charge in [-0.15, -0.1) is 0 Å². The van der Waals surface area contributed by atoms with Crippen LogP contribution >= 0.6 is 7.82 Å². The number of phenols is 4. The summed E-state index contributed by atoms with van der Waals surface area (Å²) in [6, 6.07) is 20.3. The van der Waals surface area contributed by atoms with Crippen molar-refractivity contribution >= 4 is 19.4 Å². The van der Waals surface area contributed by atoms with Crippen molar-refractivity contribution in [3.05, 3.63) is 107 Å². The first-order valence-corrected chi connectivity index (χ1v) is 14.9. The molecule has 4 aromatic rings. The first-order chi connectivity index (χ1) is 20.5. The van der Waals surface area contributed by atoms with Crippen molar-refractivity contribution in [1.82, 2.24) is 0 Å². The van der Waals surface area contributed by atoms with Crippen LogP contribution < -0.4 is 43.5 Å². The zero-order valence-corrected chi connectivity index (χ0v) is 26.9. The predicted molar refractivity (Wildman–Crippen MR) is 156 cm³/mol. The minimum Gasteiger partial charge on any atom is -0.736 e. The third-order valence-electron chi connectivity index (χ3n) is 6.58. The largest absolute Gasteiger partial charge is 1.00 e. The molecule has 4 aromatic carbocycles. The number of Topliss-reactive ketones (excluding diaryl/α,β-unsaturated/α-hetero) is 2. The number of benzene rings is 4. The minimum atomic E-state index is -4.74. The van der Waals surface area contributed by atoms with Crippen LogP contribution in [0.2, 0.25) is 0 Å². The summed E-state index contributed by atoms with van der Waals surface area (Å²) in [6.45, 7) is 0. The van der Waals surface area contributed by atoms with Gasteiger partial charge >= 0.3 is 37.4 Å². The molecule has 0 radical (unpaired) electrons. The number of ketones is 2. The summed E-state index contributed by atoms with van der Waals surface area (Å²) in [4.78, 5) is 37.1. The topological polar surface area (TPSA) is 174 Å². The van der Waals surface area contributed by atoms with E-state index in [1.807, 2.05) is 0 Å². The van der Waals surface area contributed by atoms with Gasteiger partial charge in [-0.25, -0.2) is 4.57 Å². The van der Waals surface area contributed by atoms with E-state index in [1.54, 1.807) is 24.3 Å². The van der Waals surface area contributed by atoms with Gasteiger partial charge in [-0.2, -0.15) is 0 Å². The van der Waals surface area contributed by atoms with E-state index < -0.39 is 7.82 Å². The Labute approximate surface area is 276 Å². The molecule has 0 saturated heterocycles. The van der Waals surface area contributed by atoms with Gasteiger partial charge in [0.2, 0.25) is 0 Å². The summed E-state index contributed by atoms with van der Waals surface area (Å²) >= 11 is 0. The van der Waals surface area contributed by atoms with Crippen LogP contribution in [0, 0.1) is 0 Å². The van der Waals surface area contributed by atoms with Gasteiger partial charge in [0, 0.05) is 25.0 Å². The monoisotopic (exact) mass is 628 g/mol. The number of phenolic OH excluding ortho intramolecular Hbond substituents is 4. The number of hydrogen-bond acceptors (Lipinski definition) is 10. The van der Waals surface area contributed by atoms with Crippen LogP contribution in [-0.2, 0) is 17.4 Å². The number of aryl methyl sites for hydroxylation is 2. The molecule has 0 unspecified atom stereocenters. The molecule has 0 aliphatic rings. The summed E-state index contributed by atoms with van der Waals surface area (Å²) in [6.07, 6.45) is 2.43. The molecule has 0 heterocycles.